The number of thiol groups is 1. The zero-order valence-corrected chi connectivity index (χ0v) is 6.17. The molecule has 0 spiro atoms. The molecule has 1 aliphatic rings. The highest BCUT2D eigenvalue weighted by Crippen LogP contribution is 2.32. The van der Waals surface area contributed by atoms with Crippen molar-refractivity contribution in [1.29, 1.82) is 0 Å². The van der Waals surface area contributed by atoms with E-state index in [9.17, 15) is 8.78 Å². The van der Waals surface area contributed by atoms with Crippen LogP contribution in [0.3, 0.4) is 0 Å². The van der Waals surface area contributed by atoms with Crippen LogP contribution in [0.2, 0.25) is 0 Å². The molecule has 9 heavy (non-hydrogen) atoms. The van der Waals surface area contributed by atoms with Crippen molar-refractivity contribution in [2.24, 2.45) is 0 Å². The highest BCUT2D eigenvalue weighted by atomic mass is 32.1. The van der Waals surface area contributed by atoms with Crippen LogP contribution < -0.4 is 0 Å². The van der Waals surface area contributed by atoms with Gasteiger partial charge in [-0.1, -0.05) is 0 Å². The minimum absolute atomic E-state index is 0.0451. The van der Waals surface area contributed by atoms with Gasteiger partial charge in [0.2, 0.25) is 0 Å². The maximum Gasteiger partial charge on any atom is 0.342 e. The van der Waals surface area contributed by atoms with Crippen LogP contribution in [0.25, 0.3) is 0 Å². The summed E-state index contributed by atoms with van der Waals surface area (Å²) in [4.78, 5) is 0. The summed E-state index contributed by atoms with van der Waals surface area (Å²) in [6.07, 6.45) is 0. The molecular weight excluding hydrogens is 144 g/mol. The second-order valence-electron chi connectivity index (χ2n) is 2.93. The predicted octanol–water partition coefficient (Wildman–Crippen LogP) is 0.969. The Balaban J connectivity index is 2.41. The molecule has 0 aromatic heterocycles. The zero-order valence-electron chi connectivity index (χ0n) is 5.27. The van der Waals surface area contributed by atoms with Crippen LogP contribution in [0.15, 0.2) is 0 Å². The van der Waals surface area contributed by atoms with E-state index in [1.54, 1.807) is 7.05 Å². The lowest BCUT2D eigenvalue weighted by molar-refractivity contribution is -0.958. The Bertz CT molecular complexity index is 118. The van der Waals surface area contributed by atoms with Crippen LogP contribution in [-0.4, -0.2) is 36.4 Å². The fourth-order valence-electron chi connectivity index (χ4n) is 1.17. The fraction of sp³-hybridized carbons (Fsp3) is 1.00. The van der Waals surface area contributed by atoms with Gasteiger partial charge in [0.1, 0.15) is 19.0 Å². The Morgan fingerprint density at radius 3 is 2.11 bits per heavy atom. The second-order valence-corrected chi connectivity index (χ2v) is 3.22. The van der Waals surface area contributed by atoms with Crippen molar-refractivity contribution in [3.63, 3.8) is 0 Å². The molecule has 1 nitrogen and oxygen atoms in total. The second kappa shape index (κ2) is 1.83. The molecule has 0 unspecified atom stereocenters. The summed E-state index contributed by atoms with van der Waals surface area (Å²) in [5.74, 6) is -1.91. The number of hydrogen-bond donors (Lipinski definition) is 1. The van der Waals surface area contributed by atoms with E-state index in [2.05, 4.69) is 12.6 Å². The van der Waals surface area contributed by atoms with Gasteiger partial charge in [0.15, 0.2) is 0 Å². The van der Waals surface area contributed by atoms with Crippen molar-refractivity contribution in [2.75, 3.05) is 26.0 Å². The molecular formula is C5H10F2NS+. The van der Waals surface area contributed by atoms with E-state index in [1.807, 2.05) is 0 Å². The van der Waals surface area contributed by atoms with E-state index >= 15 is 0 Å². The van der Waals surface area contributed by atoms with E-state index in [0.717, 1.165) is 0 Å². The Kier molecular flexibility index (Phi) is 1.48. The highest BCUT2D eigenvalue weighted by Gasteiger charge is 2.54. The van der Waals surface area contributed by atoms with Crippen molar-refractivity contribution >= 4 is 12.6 Å². The SMILES string of the molecule is C[N+]1(CS)CC(F)(F)C1. The molecule has 0 saturated carbocycles. The van der Waals surface area contributed by atoms with Gasteiger partial charge >= 0.3 is 5.92 Å². The summed E-state index contributed by atoms with van der Waals surface area (Å²) in [6, 6.07) is 0. The molecule has 0 bridgehead atoms. The maximum atomic E-state index is 12.2. The van der Waals surface area contributed by atoms with Gasteiger partial charge in [-0.15, -0.1) is 12.6 Å². The summed E-state index contributed by atoms with van der Waals surface area (Å²) in [7, 11) is 1.78. The number of nitrogens with zero attached hydrogens (tertiary/aromatic N) is 1. The first-order valence-corrected chi connectivity index (χ1v) is 3.43. The molecule has 4 heteroatoms. The Morgan fingerprint density at radius 1 is 1.56 bits per heavy atom. The van der Waals surface area contributed by atoms with E-state index < -0.39 is 5.92 Å². The van der Waals surface area contributed by atoms with Crippen molar-refractivity contribution in [2.45, 2.75) is 5.92 Å². The maximum absolute atomic E-state index is 12.2. The number of rotatable bonds is 1. The molecule has 1 heterocycles. The molecule has 1 aliphatic heterocycles. The van der Waals surface area contributed by atoms with Crippen LogP contribution in [-0.2, 0) is 0 Å². The van der Waals surface area contributed by atoms with E-state index in [0.29, 0.717) is 10.4 Å². The number of likely N-dealkylation sites (tertiary alicyclic amines) is 1. The van der Waals surface area contributed by atoms with E-state index in [-0.39, 0.29) is 13.1 Å². The molecule has 0 N–H and O–H groups in total. The highest BCUT2D eigenvalue weighted by molar-refractivity contribution is 7.80. The molecule has 0 aromatic rings. The average molecular weight is 154 g/mol. The van der Waals surface area contributed by atoms with E-state index in [4.69, 9.17) is 0 Å². The van der Waals surface area contributed by atoms with Gasteiger partial charge in [0.25, 0.3) is 0 Å². The van der Waals surface area contributed by atoms with Gasteiger partial charge in [0, 0.05) is 0 Å². The number of halogens is 2. The lowest BCUT2D eigenvalue weighted by Gasteiger charge is -2.45. The molecule has 54 valence electrons. The fourth-order valence-corrected chi connectivity index (χ4v) is 1.37. The van der Waals surface area contributed by atoms with Crippen molar-refractivity contribution in [1.82, 2.24) is 0 Å². The molecule has 1 saturated heterocycles. The van der Waals surface area contributed by atoms with Gasteiger partial charge in [0.05, 0.1) is 7.05 Å². The van der Waals surface area contributed by atoms with Crippen LogP contribution in [0.4, 0.5) is 8.78 Å². The third kappa shape index (κ3) is 1.35. The topological polar surface area (TPSA) is 0 Å². The molecule has 0 radical (unpaired) electrons. The summed E-state index contributed by atoms with van der Waals surface area (Å²) in [6.45, 7) is -0.0903. The first kappa shape index (κ1) is 7.28. The average Bonchev–Trinajstić information content (AvgIpc) is 1.61. The smallest absolute Gasteiger partial charge is 0.307 e. The number of alkyl halides is 2. The van der Waals surface area contributed by atoms with Crippen LogP contribution >= 0.6 is 12.6 Å². The molecule has 0 amide bonds. The Labute approximate surface area is 58.6 Å². The van der Waals surface area contributed by atoms with Crippen molar-refractivity contribution < 1.29 is 13.3 Å². The zero-order chi connectivity index (χ0) is 7.12. The molecule has 1 fully saturated rings. The van der Waals surface area contributed by atoms with Gasteiger partial charge < -0.3 is 4.48 Å². The first-order valence-electron chi connectivity index (χ1n) is 2.80. The quantitative estimate of drug-likeness (QED) is 0.422. The molecule has 0 aliphatic carbocycles. The molecule has 0 aromatic carbocycles. The van der Waals surface area contributed by atoms with Crippen LogP contribution in [0.1, 0.15) is 0 Å². The van der Waals surface area contributed by atoms with Gasteiger partial charge in [-0.25, -0.2) is 0 Å². The molecule has 0 atom stereocenters. The Morgan fingerprint density at radius 2 is 2.00 bits per heavy atom. The summed E-state index contributed by atoms with van der Waals surface area (Å²) in [5, 5.41) is 0. The van der Waals surface area contributed by atoms with Gasteiger partial charge in [-0.2, -0.15) is 8.78 Å². The monoisotopic (exact) mass is 154 g/mol. The van der Waals surface area contributed by atoms with Crippen LogP contribution in [0, 0.1) is 0 Å². The van der Waals surface area contributed by atoms with Gasteiger partial charge in [-0.05, 0) is 0 Å². The minimum atomic E-state index is -2.42. The van der Waals surface area contributed by atoms with Crippen molar-refractivity contribution in [3.8, 4) is 0 Å². The Hall–Kier alpha value is 0.170. The number of hydrogen-bond acceptors (Lipinski definition) is 1. The third-order valence-corrected chi connectivity index (χ3v) is 2.25. The lowest BCUT2D eigenvalue weighted by Crippen LogP contribution is -2.67. The standard InChI is InChI=1S/C5H9F2NS/c1-8(4-9)2-5(6,7)3-8/h2-4H2,1H3/p+1. The largest absolute Gasteiger partial charge is 0.342 e. The molecule has 1 rings (SSSR count). The first-order chi connectivity index (χ1) is 3.97. The normalized spacial score (nSPS) is 29.3. The minimum Gasteiger partial charge on any atom is -0.307 e. The lowest BCUT2D eigenvalue weighted by atomic mass is 10.1. The third-order valence-electron chi connectivity index (χ3n) is 1.57. The number of quaternary nitrogens is 1. The summed E-state index contributed by atoms with van der Waals surface area (Å²) < 4.78 is 24.7. The summed E-state index contributed by atoms with van der Waals surface area (Å²) >= 11 is 3.95. The van der Waals surface area contributed by atoms with Crippen molar-refractivity contribution in [3.05, 3.63) is 0 Å². The van der Waals surface area contributed by atoms with E-state index in [1.165, 1.54) is 0 Å². The predicted molar refractivity (Wildman–Crippen MR) is 34.7 cm³/mol. The van der Waals surface area contributed by atoms with Crippen LogP contribution in [0.5, 0.6) is 0 Å². The van der Waals surface area contributed by atoms with Gasteiger partial charge in [-0.3, -0.25) is 0 Å². The summed E-state index contributed by atoms with van der Waals surface area (Å²) in [5.41, 5.74) is 0.